The zero-order valence-corrected chi connectivity index (χ0v) is 13.5. The fraction of sp³-hybridized carbons (Fsp3) is 0.333. The summed E-state index contributed by atoms with van der Waals surface area (Å²) in [6, 6.07) is 2.68. The van der Waals surface area contributed by atoms with Crippen LogP contribution in [-0.4, -0.2) is 39.6 Å². The number of aromatic hydroxyl groups is 1. The van der Waals surface area contributed by atoms with Crippen LogP contribution in [0.25, 0.3) is 0 Å². The quantitative estimate of drug-likeness (QED) is 0.822. The Kier molecular flexibility index (Phi) is 5.37. The van der Waals surface area contributed by atoms with E-state index in [4.69, 9.17) is 5.11 Å². The minimum Gasteiger partial charge on any atom is -0.506 e. The lowest BCUT2D eigenvalue weighted by molar-refractivity contribution is -0.138. The fourth-order valence-electron chi connectivity index (χ4n) is 1.49. The van der Waals surface area contributed by atoms with Crippen molar-refractivity contribution in [2.45, 2.75) is 19.9 Å². The molecule has 0 spiro atoms. The first kappa shape index (κ1) is 16.0. The highest BCUT2D eigenvalue weighted by atomic mass is 79.9. The number of nitrogens with zero attached hydrogens (tertiary/aromatic N) is 1. The van der Waals surface area contributed by atoms with Crippen LogP contribution in [0.15, 0.2) is 21.1 Å². The maximum absolute atomic E-state index is 12.3. The predicted octanol–water partition coefficient (Wildman–Crippen LogP) is 2.85. The Morgan fingerprint density at radius 3 is 2.11 bits per heavy atom. The van der Waals surface area contributed by atoms with Gasteiger partial charge in [-0.25, -0.2) is 0 Å². The second-order valence-corrected chi connectivity index (χ2v) is 5.92. The number of carboxylic acids is 1. The summed E-state index contributed by atoms with van der Waals surface area (Å²) in [4.78, 5) is 24.3. The molecule has 0 saturated carbocycles. The molecule has 0 aromatic heterocycles. The van der Waals surface area contributed by atoms with Crippen LogP contribution in [0.2, 0.25) is 0 Å². The molecule has 0 aliphatic rings. The molecule has 19 heavy (non-hydrogen) atoms. The molecule has 1 rings (SSSR count). The van der Waals surface area contributed by atoms with E-state index >= 15 is 0 Å². The summed E-state index contributed by atoms with van der Waals surface area (Å²) in [5.74, 6) is -1.48. The first-order chi connectivity index (χ1) is 8.73. The molecule has 0 atom stereocenters. The highest BCUT2D eigenvalue weighted by Crippen LogP contribution is 2.33. The van der Waals surface area contributed by atoms with Crippen molar-refractivity contribution in [1.29, 1.82) is 0 Å². The molecule has 0 bridgehead atoms. The summed E-state index contributed by atoms with van der Waals surface area (Å²) >= 11 is 6.27. The Morgan fingerprint density at radius 2 is 1.74 bits per heavy atom. The monoisotopic (exact) mass is 393 g/mol. The average Bonchev–Trinajstić information content (AvgIpc) is 2.31. The highest BCUT2D eigenvalue weighted by Gasteiger charge is 2.22. The molecule has 0 aliphatic heterocycles. The zero-order valence-electron chi connectivity index (χ0n) is 10.4. The molecule has 1 aromatic carbocycles. The van der Waals surface area contributed by atoms with Gasteiger partial charge in [0.15, 0.2) is 0 Å². The van der Waals surface area contributed by atoms with Crippen molar-refractivity contribution >= 4 is 43.7 Å². The number of amides is 1. The summed E-state index contributed by atoms with van der Waals surface area (Å²) in [5, 5.41) is 18.4. The summed E-state index contributed by atoms with van der Waals surface area (Å²) in [6.45, 7) is 3.11. The van der Waals surface area contributed by atoms with Gasteiger partial charge in [0.25, 0.3) is 5.91 Å². The number of carbonyl (C=O) groups is 2. The molecule has 1 amide bonds. The van der Waals surface area contributed by atoms with Gasteiger partial charge in [-0.3, -0.25) is 9.59 Å². The lowest BCUT2D eigenvalue weighted by Crippen LogP contribution is -2.40. The minimum absolute atomic E-state index is 0.00844. The third-order valence-electron chi connectivity index (χ3n) is 2.45. The van der Waals surface area contributed by atoms with Gasteiger partial charge in [0.05, 0.1) is 8.95 Å². The fourth-order valence-corrected chi connectivity index (χ4v) is 2.68. The maximum atomic E-state index is 12.3. The van der Waals surface area contributed by atoms with Crippen LogP contribution in [0, 0.1) is 0 Å². The predicted molar refractivity (Wildman–Crippen MR) is 77.3 cm³/mol. The maximum Gasteiger partial charge on any atom is 0.323 e. The Balaban J connectivity index is 3.13. The third-order valence-corrected chi connectivity index (χ3v) is 3.66. The van der Waals surface area contributed by atoms with Gasteiger partial charge in [-0.05, 0) is 57.8 Å². The van der Waals surface area contributed by atoms with Crippen molar-refractivity contribution in [2.24, 2.45) is 0 Å². The lowest BCUT2D eigenvalue weighted by Gasteiger charge is -2.25. The molecular weight excluding hydrogens is 382 g/mol. The van der Waals surface area contributed by atoms with E-state index in [9.17, 15) is 14.7 Å². The van der Waals surface area contributed by atoms with Gasteiger partial charge in [-0.1, -0.05) is 0 Å². The molecule has 5 nitrogen and oxygen atoms in total. The van der Waals surface area contributed by atoms with Gasteiger partial charge in [-0.2, -0.15) is 0 Å². The van der Waals surface area contributed by atoms with Gasteiger partial charge >= 0.3 is 5.97 Å². The first-order valence-corrected chi connectivity index (χ1v) is 7.03. The number of halogens is 2. The number of hydrogen-bond donors (Lipinski definition) is 2. The second-order valence-electron chi connectivity index (χ2n) is 4.21. The van der Waals surface area contributed by atoms with Crippen molar-refractivity contribution in [3.8, 4) is 5.75 Å². The van der Waals surface area contributed by atoms with Gasteiger partial charge in [0.1, 0.15) is 12.3 Å². The Hall–Kier alpha value is -1.08. The summed E-state index contributed by atoms with van der Waals surface area (Å²) in [7, 11) is 0. The smallest absolute Gasteiger partial charge is 0.323 e. The number of carbonyl (C=O) groups excluding carboxylic acids is 1. The van der Waals surface area contributed by atoms with Crippen LogP contribution in [0.3, 0.4) is 0 Å². The van der Waals surface area contributed by atoms with Crippen LogP contribution in [-0.2, 0) is 4.79 Å². The average molecular weight is 395 g/mol. The molecule has 1 aromatic rings. The van der Waals surface area contributed by atoms with E-state index in [0.717, 1.165) is 0 Å². The second kappa shape index (κ2) is 6.38. The lowest BCUT2D eigenvalue weighted by atomic mass is 10.1. The molecule has 0 saturated heterocycles. The number of carboxylic acid groups (broad SMARTS) is 1. The molecule has 7 heteroatoms. The standard InChI is InChI=1S/C12H13Br2NO4/c1-6(2)15(5-10(16)17)12(19)7-3-8(13)11(18)9(14)4-7/h3-4,6,18H,5H2,1-2H3,(H,16,17). The number of phenols is 1. The van der Waals surface area contributed by atoms with Crippen LogP contribution in [0.1, 0.15) is 24.2 Å². The van der Waals surface area contributed by atoms with E-state index in [1.165, 1.54) is 17.0 Å². The van der Waals surface area contributed by atoms with E-state index in [1.54, 1.807) is 13.8 Å². The largest absolute Gasteiger partial charge is 0.506 e. The Labute approximate surface area is 127 Å². The molecule has 0 aliphatic carbocycles. The van der Waals surface area contributed by atoms with Crippen molar-refractivity contribution in [1.82, 2.24) is 4.90 Å². The molecule has 2 N–H and O–H groups in total. The molecule has 0 heterocycles. The van der Waals surface area contributed by atoms with E-state index in [-0.39, 0.29) is 18.3 Å². The van der Waals surface area contributed by atoms with Gasteiger partial charge in [0.2, 0.25) is 0 Å². The molecule has 0 fully saturated rings. The van der Waals surface area contributed by atoms with Crippen molar-refractivity contribution in [2.75, 3.05) is 6.54 Å². The number of hydrogen-bond acceptors (Lipinski definition) is 3. The van der Waals surface area contributed by atoms with Gasteiger partial charge in [0, 0.05) is 11.6 Å². The van der Waals surface area contributed by atoms with Crippen LogP contribution in [0.4, 0.5) is 0 Å². The molecule has 0 radical (unpaired) electrons. The normalized spacial score (nSPS) is 10.6. The Bertz CT molecular complexity index is 493. The van der Waals surface area contributed by atoms with E-state index in [1.807, 2.05) is 0 Å². The van der Waals surface area contributed by atoms with Crippen LogP contribution >= 0.6 is 31.9 Å². The number of aliphatic carboxylic acids is 1. The van der Waals surface area contributed by atoms with Crippen molar-refractivity contribution in [3.63, 3.8) is 0 Å². The number of phenolic OH excluding ortho intramolecular Hbond substituents is 1. The molecule has 104 valence electrons. The third kappa shape index (κ3) is 3.94. The van der Waals surface area contributed by atoms with Crippen molar-refractivity contribution < 1.29 is 19.8 Å². The van der Waals surface area contributed by atoms with E-state index < -0.39 is 11.9 Å². The van der Waals surface area contributed by atoms with Crippen molar-refractivity contribution in [3.05, 3.63) is 26.6 Å². The van der Waals surface area contributed by atoms with Crippen LogP contribution in [0.5, 0.6) is 5.75 Å². The highest BCUT2D eigenvalue weighted by molar-refractivity contribution is 9.11. The van der Waals surface area contributed by atoms with Crippen LogP contribution < -0.4 is 0 Å². The first-order valence-electron chi connectivity index (χ1n) is 5.44. The minimum atomic E-state index is -1.07. The summed E-state index contributed by atoms with van der Waals surface area (Å²) < 4.78 is 0.730. The SMILES string of the molecule is CC(C)N(CC(=O)O)C(=O)c1cc(Br)c(O)c(Br)c1. The van der Waals surface area contributed by atoms with Gasteiger partial charge in [-0.15, -0.1) is 0 Å². The van der Waals surface area contributed by atoms with Gasteiger partial charge < -0.3 is 15.1 Å². The summed E-state index contributed by atoms with van der Waals surface area (Å²) in [6.07, 6.45) is 0. The van der Waals surface area contributed by atoms with E-state index in [0.29, 0.717) is 14.5 Å². The number of rotatable bonds is 4. The zero-order chi connectivity index (χ0) is 14.7. The van der Waals surface area contributed by atoms with E-state index in [2.05, 4.69) is 31.9 Å². The molecule has 0 unspecified atom stereocenters. The number of benzene rings is 1. The molecular formula is C12H13Br2NO4. The Morgan fingerprint density at radius 1 is 1.26 bits per heavy atom. The summed E-state index contributed by atoms with van der Waals surface area (Å²) in [5.41, 5.74) is 0.298. The topological polar surface area (TPSA) is 77.8 Å².